The Morgan fingerprint density at radius 3 is 2.74 bits per heavy atom. The van der Waals surface area contributed by atoms with Gasteiger partial charge in [-0.3, -0.25) is 9.59 Å². The number of primary amides is 1. The molecular formula is C21H30N4O2. The Kier molecular flexibility index (Phi) is 4.60. The number of pyridine rings is 1. The Hall–Kier alpha value is -2.11. The first-order chi connectivity index (χ1) is 12.9. The number of amides is 2. The molecule has 1 spiro atoms. The maximum Gasteiger partial charge on any atom is 0.252 e. The first kappa shape index (κ1) is 18.3. The third-order valence-corrected chi connectivity index (χ3v) is 6.58. The fraction of sp³-hybridized carbons (Fsp3) is 0.667. The monoisotopic (exact) mass is 370 g/mol. The molecule has 6 nitrogen and oxygen atoms in total. The predicted molar refractivity (Wildman–Crippen MR) is 105 cm³/mol. The summed E-state index contributed by atoms with van der Waals surface area (Å²) in [5, 5.41) is 0. The second kappa shape index (κ2) is 6.80. The molecule has 3 aliphatic rings. The zero-order valence-corrected chi connectivity index (χ0v) is 16.5. The molecule has 0 unspecified atom stereocenters. The fourth-order valence-corrected chi connectivity index (χ4v) is 5.12. The summed E-state index contributed by atoms with van der Waals surface area (Å²) in [5.41, 5.74) is 8.65. The maximum atomic E-state index is 12.3. The number of piperidine rings is 2. The molecule has 2 fully saturated rings. The van der Waals surface area contributed by atoms with Crippen LogP contribution in [0.5, 0.6) is 0 Å². The van der Waals surface area contributed by atoms with Gasteiger partial charge in [0.15, 0.2) is 0 Å². The third-order valence-electron chi connectivity index (χ3n) is 6.58. The zero-order valence-electron chi connectivity index (χ0n) is 16.5. The summed E-state index contributed by atoms with van der Waals surface area (Å²) < 4.78 is 0. The average molecular weight is 370 g/mol. The smallest absolute Gasteiger partial charge is 0.252 e. The summed E-state index contributed by atoms with van der Waals surface area (Å²) in [7, 11) is 0. The molecule has 0 aromatic carbocycles. The molecule has 0 saturated carbocycles. The van der Waals surface area contributed by atoms with Crippen LogP contribution < -0.4 is 10.6 Å². The number of hydrogen-bond acceptors (Lipinski definition) is 4. The zero-order chi connectivity index (χ0) is 19.2. The van der Waals surface area contributed by atoms with Gasteiger partial charge >= 0.3 is 0 Å². The third kappa shape index (κ3) is 3.30. The van der Waals surface area contributed by atoms with Crippen LogP contribution in [0.4, 0.5) is 5.82 Å². The normalized spacial score (nSPS) is 25.4. The van der Waals surface area contributed by atoms with Gasteiger partial charge in [0.1, 0.15) is 5.82 Å². The number of aryl methyl sites for hydroxylation is 2. The highest BCUT2D eigenvalue weighted by Crippen LogP contribution is 2.41. The van der Waals surface area contributed by atoms with Crippen LogP contribution in [0.3, 0.4) is 0 Å². The number of aromatic nitrogens is 1. The molecule has 27 heavy (non-hydrogen) atoms. The molecule has 3 heterocycles. The number of hydrogen-bond donors (Lipinski definition) is 1. The summed E-state index contributed by atoms with van der Waals surface area (Å²) in [4.78, 5) is 33.6. The van der Waals surface area contributed by atoms with Crippen molar-refractivity contribution in [3.63, 3.8) is 0 Å². The number of carbonyl (C=O) groups excluding carboxylic acids is 2. The molecular weight excluding hydrogens is 340 g/mol. The minimum atomic E-state index is -0.394. The van der Waals surface area contributed by atoms with Crippen molar-refractivity contribution >= 4 is 17.6 Å². The van der Waals surface area contributed by atoms with E-state index in [-0.39, 0.29) is 17.4 Å². The molecule has 4 rings (SSSR count). The van der Waals surface area contributed by atoms with Gasteiger partial charge in [-0.15, -0.1) is 0 Å². The standard InChI is InChI=1S/C21H30N4O2/c1-14(2)25-13-21(9-7-18(25)26)8-4-10-24(12-21)20-16(19(22)27)11-15-5-3-6-17(15)23-20/h11,14H,3-10,12-13H2,1-2H3,(H2,22,27)/t21-/m0/s1. The molecule has 1 aromatic heterocycles. The van der Waals surface area contributed by atoms with Gasteiger partial charge in [-0.1, -0.05) is 0 Å². The minimum absolute atomic E-state index is 0.0893. The van der Waals surface area contributed by atoms with E-state index in [2.05, 4.69) is 18.7 Å². The predicted octanol–water partition coefficient (Wildman–Crippen LogP) is 2.29. The van der Waals surface area contributed by atoms with Crippen molar-refractivity contribution in [1.82, 2.24) is 9.88 Å². The van der Waals surface area contributed by atoms with Crippen LogP contribution in [0.2, 0.25) is 0 Å². The van der Waals surface area contributed by atoms with Crippen molar-refractivity contribution in [2.24, 2.45) is 11.1 Å². The molecule has 2 aliphatic heterocycles. The van der Waals surface area contributed by atoms with Crippen LogP contribution in [0.1, 0.15) is 67.6 Å². The lowest BCUT2D eigenvalue weighted by molar-refractivity contribution is -0.140. The molecule has 1 atom stereocenters. The number of nitrogens with two attached hydrogens (primary N) is 1. The molecule has 0 bridgehead atoms. The van der Waals surface area contributed by atoms with Gasteiger partial charge in [0, 0.05) is 43.2 Å². The highest BCUT2D eigenvalue weighted by molar-refractivity contribution is 5.98. The number of fused-ring (bicyclic) bond motifs is 1. The van der Waals surface area contributed by atoms with Crippen molar-refractivity contribution < 1.29 is 9.59 Å². The Balaban J connectivity index is 1.64. The van der Waals surface area contributed by atoms with Gasteiger partial charge in [-0.05, 0) is 64.0 Å². The highest BCUT2D eigenvalue weighted by Gasteiger charge is 2.43. The Bertz CT molecular complexity index is 776. The van der Waals surface area contributed by atoms with E-state index in [4.69, 9.17) is 10.7 Å². The molecule has 0 radical (unpaired) electrons. The van der Waals surface area contributed by atoms with E-state index < -0.39 is 5.91 Å². The van der Waals surface area contributed by atoms with Crippen LogP contribution in [-0.2, 0) is 17.6 Å². The van der Waals surface area contributed by atoms with Crippen LogP contribution in [0, 0.1) is 5.41 Å². The lowest BCUT2D eigenvalue weighted by Gasteiger charge is -2.49. The van der Waals surface area contributed by atoms with Gasteiger partial charge in [0.25, 0.3) is 5.91 Å². The summed E-state index contributed by atoms with van der Waals surface area (Å²) >= 11 is 0. The summed E-state index contributed by atoms with van der Waals surface area (Å²) in [6.07, 6.45) is 6.77. The molecule has 2 saturated heterocycles. The summed E-state index contributed by atoms with van der Waals surface area (Å²) in [5.74, 6) is 0.630. The van der Waals surface area contributed by atoms with E-state index in [1.807, 2.05) is 11.0 Å². The number of nitrogens with zero attached hydrogens (tertiary/aromatic N) is 3. The summed E-state index contributed by atoms with van der Waals surface area (Å²) in [6, 6.07) is 2.20. The van der Waals surface area contributed by atoms with Crippen LogP contribution >= 0.6 is 0 Å². The van der Waals surface area contributed by atoms with Gasteiger partial charge < -0.3 is 15.5 Å². The van der Waals surface area contributed by atoms with E-state index in [0.29, 0.717) is 12.0 Å². The number of rotatable bonds is 3. The quantitative estimate of drug-likeness (QED) is 0.885. The lowest BCUT2D eigenvalue weighted by atomic mass is 9.73. The minimum Gasteiger partial charge on any atom is -0.365 e. The van der Waals surface area contributed by atoms with Gasteiger partial charge in [0.05, 0.1) is 5.56 Å². The van der Waals surface area contributed by atoms with E-state index in [0.717, 1.165) is 69.7 Å². The Morgan fingerprint density at radius 1 is 1.19 bits per heavy atom. The van der Waals surface area contributed by atoms with E-state index in [9.17, 15) is 9.59 Å². The number of anilines is 1. The van der Waals surface area contributed by atoms with Crippen molar-refractivity contribution in [3.05, 3.63) is 22.9 Å². The Morgan fingerprint density at radius 2 is 2.00 bits per heavy atom. The molecule has 2 N–H and O–H groups in total. The van der Waals surface area contributed by atoms with Crippen molar-refractivity contribution in [2.75, 3.05) is 24.5 Å². The fourth-order valence-electron chi connectivity index (χ4n) is 5.12. The van der Waals surface area contributed by atoms with Gasteiger partial charge in [-0.2, -0.15) is 0 Å². The van der Waals surface area contributed by atoms with Gasteiger partial charge in [-0.25, -0.2) is 4.98 Å². The van der Waals surface area contributed by atoms with Crippen LogP contribution in [0.15, 0.2) is 6.07 Å². The molecule has 2 amide bonds. The van der Waals surface area contributed by atoms with Crippen molar-refractivity contribution in [2.45, 2.75) is 64.8 Å². The first-order valence-electron chi connectivity index (χ1n) is 10.3. The van der Waals surface area contributed by atoms with Crippen LogP contribution in [-0.4, -0.2) is 47.4 Å². The second-order valence-corrected chi connectivity index (χ2v) is 8.82. The molecule has 6 heteroatoms. The van der Waals surface area contributed by atoms with Gasteiger partial charge in [0.2, 0.25) is 5.91 Å². The van der Waals surface area contributed by atoms with E-state index in [1.54, 1.807) is 0 Å². The SMILES string of the molecule is CC(C)N1C[C@@]2(CCCN(c3nc4c(cc3C(N)=O)CCC4)C2)CCC1=O. The largest absolute Gasteiger partial charge is 0.365 e. The Labute approximate surface area is 161 Å². The average Bonchev–Trinajstić information content (AvgIpc) is 3.10. The van der Waals surface area contributed by atoms with E-state index >= 15 is 0 Å². The first-order valence-corrected chi connectivity index (χ1v) is 10.3. The van der Waals surface area contributed by atoms with E-state index in [1.165, 1.54) is 5.56 Å². The van der Waals surface area contributed by atoms with Crippen molar-refractivity contribution in [3.8, 4) is 0 Å². The molecule has 1 aliphatic carbocycles. The maximum absolute atomic E-state index is 12.3. The highest BCUT2D eigenvalue weighted by atomic mass is 16.2. The lowest BCUT2D eigenvalue weighted by Crippen LogP contribution is -2.56. The van der Waals surface area contributed by atoms with Crippen molar-refractivity contribution in [1.29, 1.82) is 0 Å². The number of carbonyl (C=O) groups is 2. The number of likely N-dealkylation sites (tertiary alicyclic amines) is 1. The summed E-state index contributed by atoms with van der Waals surface area (Å²) in [6.45, 7) is 6.71. The van der Waals surface area contributed by atoms with Crippen LogP contribution in [0.25, 0.3) is 0 Å². The molecule has 1 aromatic rings. The molecule has 146 valence electrons. The second-order valence-electron chi connectivity index (χ2n) is 8.82. The topological polar surface area (TPSA) is 79.5 Å².